The lowest BCUT2D eigenvalue weighted by Gasteiger charge is -2.16. The number of anilines is 2. The molecule has 4 heterocycles. The largest absolute Gasteiger partial charge is 0.394 e. The van der Waals surface area contributed by atoms with Gasteiger partial charge in [0.05, 0.1) is 19.3 Å². The van der Waals surface area contributed by atoms with Crippen molar-refractivity contribution in [2.45, 2.75) is 49.7 Å². The summed E-state index contributed by atoms with van der Waals surface area (Å²) in [5.74, 6) is 0.256. The van der Waals surface area contributed by atoms with Gasteiger partial charge in [0.25, 0.3) is 0 Å². The van der Waals surface area contributed by atoms with Gasteiger partial charge in [0.15, 0.2) is 6.23 Å². The zero-order valence-corrected chi connectivity index (χ0v) is 17.0. The van der Waals surface area contributed by atoms with Crippen molar-refractivity contribution < 1.29 is 29.9 Å². The van der Waals surface area contributed by atoms with Crippen LogP contribution < -0.4 is 22.8 Å². The molecule has 2 aromatic rings. The first-order valence-electron chi connectivity index (χ1n) is 9.83. The number of ether oxygens (including phenoxy) is 2. The monoisotopic (exact) mass is 454 g/mol. The third-order valence-corrected chi connectivity index (χ3v) is 5.09. The zero-order valence-electron chi connectivity index (χ0n) is 17.0. The molecule has 0 bridgehead atoms. The minimum atomic E-state index is -1.31. The Morgan fingerprint density at radius 3 is 1.97 bits per heavy atom. The molecule has 14 heteroatoms. The maximum Gasteiger partial charge on any atom is 0.351 e. The fourth-order valence-electron chi connectivity index (χ4n) is 3.40. The van der Waals surface area contributed by atoms with Crippen LogP contribution in [-0.4, -0.2) is 77.2 Å². The Hall–Kier alpha value is -2.88. The maximum atomic E-state index is 11.5. The number of aliphatic hydroxyl groups is 4. The van der Waals surface area contributed by atoms with Crippen LogP contribution in [0.1, 0.15) is 25.3 Å². The van der Waals surface area contributed by atoms with E-state index >= 15 is 0 Å². The first kappa shape index (κ1) is 23.8. The van der Waals surface area contributed by atoms with Crippen LogP contribution in [0.5, 0.6) is 0 Å². The van der Waals surface area contributed by atoms with E-state index in [0.717, 1.165) is 11.0 Å². The topological polar surface area (TPSA) is 221 Å². The molecule has 2 saturated heterocycles. The van der Waals surface area contributed by atoms with Crippen molar-refractivity contribution in [1.82, 2.24) is 19.1 Å². The third-order valence-electron chi connectivity index (χ3n) is 5.09. The minimum absolute atomic E-state index is 0.0202. The maximum absolute atomic E-state index is 11.5. The smallest absolute Gasteiger partial charge is 0.351 e. The highest BCUT2D eigenvalue weighted by atomic mass is 16.6. The van der Waals surface area contributed by atoms with E-state index in [1.165, 1.54) is 16.8 Å². The predicted octanol–water partition coefficient (Wildman–Crippen LogP) is -3.07. The van der Waals surface area contributed by atoms with E-state index < -0.39 is 42.5 Å². The summed E-state index contributed by atoms with van der Waals surface area (Å²) in [6, 6.07) is 2.92. The summed E-state index contributed by atoms with van der Waals surface area (Å²) in [6.45, 7) is -0.473. The first-order chi connectivity index (χ1) is 15.2. The van der Waals surface area contributed by atoms with Crippen LogP contribution in [0, 0.1) is 0 Å². The standard InChI is InChI=1S/C9H13N3O5.C9H13N3O3/c10-5-1-2-12(9(16)11-5)8-7(15)6(14)4(3-13)17-8;10-7-3-4-12(9(14)11-7)8-2-1-6(5-13)15-8/h1-2,4,6-8,13-15H,3H2,(H2,10,11,16);3-4,6,8,13H,1-2,5H2,(H2,10,11,14)/t4-,6-,7-,8-;6-,8+/m10/s1. The minimum Gasteiger partial charge on any atom is -0.394 e. The quantitative estimate of drug-likeness (QED) is 0.271. The Morgan fingerprint density at radius 1 is 0.906 bits per heavy atom. The van der Waals surface area contributed by atoms with Crippen molar-refractivity contribution in [2.75, 3.05) is 24.7 Å². The van der Waals surface area contributed by atoms with Gasteiger partial charge in [-0.25, -0.2) is 9.59 Å². The van der Waals surface area contributed by atoms with Crippen molar-refractivity contribution >= 4 is 11.6 Å². The molecule has 2 fully saturated rings. The molecule has 4 rings (SSSR count). The van der Waals surface area contributed by atoms with Gasteiger partial charge in [-0.15, -0.1) is 0 Å². The highest BCUT2D eigenvalue weighted by molar-refractivity contribution is 5.24. The van der Waals surface area contributed by atoms with Crippen molar-refractivity contribution in [1.29, 1.82) is 0 Å². The van der Waals surface area contributed by atoms with Gasteiger partial charge in [-0.1, -0.05) is 0 Å². The lowest BCUT2D eigenvalue weighted by Crippen LogP contribution is -2.36. The molecule has 0 amide bonds. The Balaban J connectivity index is 0.000000182. The molecule has 6 atom stereocenters. The van der Waals surface area contributed by atoms with Crippen LogP contribution in [-0.2, 0) is 9.47 Å². The lowest BCUT2D eigenvalue weighted by atomic mass is 10.1. The predicted molar refractivity (Wildman–Crippen MR) is 109 cm³/mol. The summed E-state index contributed by atoms with van der Waals surface area (Å²) in [7, 11) is 0. The molecule has 2 aliphatic rings. The van der Waals surface area contributed by atoms with Gasteiger partial charge in [-0.2, -0.15) is 9.97 Å². The number of hydrogen-bond acceptors (Lipinski definition) is 12. The van der Waals surface area contributed by atoms with Crippen molar-refractivity contribution in [3.8, 4) is 0 Å². The summed E-state index contributed by atoms with van der Waals surface area (Å²) in [5, 5.41) is 37.0. The summed E-state index contributed by atoms with van der Waals surface area (Å²) in [4.78, 5) is 30.1. The molecule has 0 unspecified atom stereocenters. The Morgan fingerprint density at radius 2 is 1.50 bits per heavy atom. The van der Waals surface area contributed by atoms with Crippen molar-refractivity contribution in [3.63, 3.8) is 0 Å². The Kier molecular flexibility index (Phi) is 7.55. The van der Waals surface area contributed by atoms with E-state index in [9.17, 15) is 19.8 Å². The van der Waals surface area contributed by atoms with Crippen LogP contribution in [0.25, 0.3) is 0 Å². The van der Waals surface area contributed by atoms with Gasteiger partial charge in [-0.05, 0) is 25.0 Å². The second kappa shape index (κ2) is 10.2. The van der Waals surface area contributed by atoms with Gasteiger partial charge < -0.3 is 41.4 Å². The number of nitrogen functional groups attached to an aromatic ring is 2. The van der Waals surface area contributed by atoms with Gasteiger partial charge in [0.1, 0.15) is 36.2 Å². The zero-order chi connectivity index (χ0) is 23.4. The number of hydrogen-bond donors (Lipinski definition) is 6. The molecule has 0 saturated carbocycles. The molecule has 176 valence electrons. The molecular formula is C18H26N6O8. The van der Waals surface area contributed by atoms with Crippen LogP contribution in [0.15, 0.2) is 34.1 Å². The van der Waals surface area contributed by atoms with Crippen LogP contribution in [0.4, 0.5) is 11.6 Å². The highest BCUT2D eigenvalue weighted by Crippen LogP contribution is 2.28. The molecule has 14 nitrogen and oxygen atoms in total. The average Bonchev–Trinajstić information content (AvgIpc) is 3.34. The normalized spacial score (nSPS) is 29.5. The van der Waals surface area contributed by atoms with Crippen molar-refractivity contribution in [3.05, 3.63) is 45.5 Å². The van der Waals surface area contributed by atoms with E-state index in [0.29, 0.717) is 6.42 Å². The van der Waals surface area contributed by atoms with E-state index in [1.807, 2.05) is 0 Å². The van der Waals surface area contributed by atoms with E-state index in [-0.39, 0.29) is 30.6 Å². The van der Waals surface area contributed by atoms with Crippen LogP contribution in [0.2, 0.25) is 0 Å². The van der Waals surface area contributed by atoms with Crippen molar-refractivity contribution in [2.24, 2.45) is 0 Å². The molecule has 8 N–H and O–H groups in total. The third kappa shape index (κ3) is 5.12. The number of rotatable bonds is 4. The SMILES string of the molecule is Nc1ccn([C@@H]2O[C@H](CO)[C@@H](O)[C@H]2O)c(=O)n1.Nc1ccn([C@H]2CC[C@@H](CO)O2)c(=O)n1. The average molecular weight is 454 g/mol. The van der Waals surface area contributed by atoms with Gasteiger partial charge in [0.2, 0.25) is 0 Å². The second-order valence-corrected chi connectivity index (χ2v) is 7.29. The summed E-state index contributed by atoms with van der Waals surface area (Å²) in [6.07, 6.45) is -0.761. The number of aliphatic hydroxyl groups excluding tert-OH is 4. The van der Waals surface area contributed by atoms with Crippen LogP contribution in [0.3, 0.4) is 0 Å². The van der Waals surface area contributed by atoms with Gasteiger partial charge >= 0.3 is 11.4 Å². The van der Waals surface area contributed by atoms with E-state index in [2.05, 4.69) is 9.97 Å². The van der Waals surface area contributed by atoms with E-state index in [4.69, 9.17) is 31.2 Å². The first-order valence-corrected chi connectivity index (χ1v) is 9.83. The number of nitrogens with two attached hydrogens (primary N) is 2. The molecule has 0 aliphatic carbocycles. The Labute approximate surface area is 181 Å². The van der Waals surface area contributed by atoms with Gasteiger partial charge in [-0.3, -0.25) is 9.13 Å². The number of aromatic nitrogens is 4. The molecule has 32 heavy (non-hydrogen) atoms. The molecule has 2 aromatic heterocycles. The molecular weight excluding hydrogens is 428 g/mol. The molecule has 0 aromatic carbocycles. The highest BCUT2D eigenvalue weighted by Gasteiger charge is 2.43. The van der Waals surface area contributed by atoms with E-state index in [1.54, 1.807) is 12.3 Å². The second-order valence-electron chi connectivity index (χ2n) is 7.29. The summed E-state index contributed by atoms with van der Waals surface area (Å²) >= 11 is 0. The summed E-state index contributed by atoms with van der Waals surface area (Å²) in [5.41, 5.74) is 9.59. The fourth-order valence-corrected chi connectivity index (χ4v) is 3.40. The molecule has 0 spiro atoms. The number of nitrogens with zero attached hydrogens (tertiary/aromatic N) is 4. The van der Waals surface area contributed by atoms with Gasteiger partial charge in [0, 0.05) is 12.4 Å². The molecule has 2 aliphatic heterocycles. The Bertz CT molecular complexity index is 1030. The lowest BCUT2D eigenvalue weighted by molar-refractivity contribution is -0.0549. The molecule has 0 radical (unpaired) electrons. The van der Waals surface area contributed by atoms with Crippen LogP contribution >= 0.6 is 0 Å². The summed E-state index contributed by atoms with van der Waals surface area (Å²) < 4.78 is 13.0. The fraction of sp³-hybridized carbons (Fsp3) is 0.556.